The van der Waals surface area contributed by atoms with E-state index in [0.717, 1.165) is 6.54 Å². The number of nitrogens with zero attached hydrogens (tertiary/aromatic N) is 1. The summed E-state index contributed by atoms with van der Waals surface area (Å²) in [6.45, 7) is 2.05. The van der Waals surface area contributed by atoms with E-state index in [9.17, 15) is 0 Å². The summed E-state index contributed by atoms with van der Waals surface area (Å²) in [5, 5.41) is 0. The lowest BCUT2D eigenvalue weighted by Crippen LogP contribution is -2.45. The van der Waals surface area contributed by atoms with Gasteiger partial charge in [0.2, 0.25) is 0 Å². The Labute approximate surface area is 85.5 Å². The molecule has 2 rings (SSSR count). The van der Waals surface area contributed by atoms with Crippen LogP contribution in [-0.4, -0.2) is 28.5 Å². The van der Waals surface area contributed by atoms with E-state index in [0.29, 0.717) is 10.5 Å². The highest BCUT2D eigenvalue weighted by atomic mass is 32.1. The van der Waals surface area contributed by atoms with Crippen molar-refractivity contribution in [2.75, 3.05) is 13.1 Å². The highest BCUT2D eigenvalue weighted by Gasteiger charge is 2.42. The number of thiocarbonyl (C=S) groups is 1. The zero-order valence-electron chi connectivity index (χ0n) is 8.09. The molecule has 1 aliphatic carbocycles. The Morgan fingerprint density at radius 3 is 2.46 bits per heavy atom. The number of likely N-dealkylation sites (tertiary alicyclic amines) is 1. The topological polar surface area (TPSA) is 29.3 Å². The van der Waals surface area contributed by atoms with Gasteiger partial charge in [0.1, 0.15) is 0 Å². The van der Waals surface area contributed by atoms with E-state index in [-0.39, 0.29) is 0 Å². The van der Waals surface area contributed by atoms with E-state index in [2.05, 4.69) is 4.90 Å². The van der Waals surface area contributed by atoms with Crippen LogP contribution in [0.1, 0.15) is 38.5 Å². The summed E-state index contributed by atoms with van der Waals surface area (Å²) in [5.74, 6) is 0. The molecule has 0 aromatic heterocycles. The molecule has 0 atom stereocenters. The number of rotatable bonds is 2. The van der Waals surface area contributed by atoms with Crippen molar-refractivity contribution in [2.24, 2.45) is 5.73 Å². The Balaban J connectivity index is 2.04. The standard InChI is InChI=1S/C10H18N2S/c11-9(13)8-12-7-3-6-10(12)4-1-2-5-10/h1-8H2,(H2,11,13). The summed E-state index contributed by atoms with van der Waals surface area (Å²) in [6.07, 6.45) is 8.24. The van der Waals surface area contributed by atoms with Crippen molar-refractivity contribution in [1.82, 2.24) is 4.90 Å². The van der Waals surface area contributed by atoms with E-state index >= 15 is 0 Å². The monoisotopic (exact) mass is 198 g/mol. The fourth-order valence-corrected chi connectivity index (χ4v) is 3.18. The summed E-state index contributed by atoms with van der Waals surface area (Å²) in [7, 11) is 0. The predicted octanol–water partition coefficient (Wildman–Crippen LogP) is 1.68. The van der Waals surface area contributed by atoms with Crippen LogP contribution in [0.4, 0.5) is 0 Å². The second-order valence-electron chi connectivity index (χ2n) is 4.42. The molecule has 0 aromatic rings. The first kappa shape index (κ1) is 9.41. The van der Waals surface area contributed by atoms with E-state index in [4.69, 9.17) is 18.0 Å². The summed E-state index contributed by atoms with van der Waals surface area (Å²) in [6, 6.07) is 0. The van der Waals surface area contributed by atoms with Gasteiger partial charge in [-0.05, 0) is 32.2 Å². The molecule has 1 heterocycles. The van der Waals surface area contributed by atoms with Crippen molar-refractivity contribution in [1.29, 1.82) is 0 Å². The smallest absolute Gasteiger partial charge is 0.0870 e. The number of hydrogen-bond donors (Lipinski definition) is 1. The van der Waals surface area contributed by atoms with Crippen molar-refractivity contribution in [3.63, 3.8) is 0 Å². The molecule has 13 heavy (non-hydrogen) atoms. The fraction of sp³-hybridized carbons (Fsp3) is 0.900. The molecule has 1 saturated carbocycles. The summed E-state index contributed by atoms with van der Waals surface area (Å²) >= 11 is 4.99. The largest absolute Gasteiger partial charge is 0.392 e. The van der Waals surface area contributed by atoms with Gasteiger partial charge < -0.3 is 5.73 Å². The van der Waals surface area contributed by atoms with Gasteiger partial charge in [-0.15, -0.1) is 0 Å². The minimum Gasteiger partial charge on any atom is -0.392 e. The van der Waals surface area contributed by atoms with Gasteiger partial charge in [-0.1, -0.05) is 25.1 Å². The van der Waals surface area contributed by atoms with E-state index in [1.54, 1.807) is 0 Å². The van der Waals surface area contributed by atoms with Crippen LogP contribution in [-0.2, 0) is 0 Å². The molecule has 3 heteroatoms. The third-order valence-electron chi connectivity index (χ3n) is 3.62. The Morgan fingerprint density at radius 2 is 1.85 bits per heavy atom. The van der Waals surface area contributed by atoms with E-state index in [1.165, 1.54) is 45.1 Å². The Hall–Kier alpha value is -0.150. The zero-order valence-corrected chi connectivity index (χ0v) is 8.91. The van der Waals surface area contributed by atoms with Crippen LogP contribution < -0.4 is 5.73 Å². The first-order valence-electron chi connectivity index (χ1n) is 5.26. The number of hydrogen-bond acceptors (Lipinski definition) is 2. The molecular weight excluding hydrogens is 180 g/mol. The van der Waals surface area contributed by atoms with Gasteiger partial charge in [0, 0.05) is 12.1 Å². The molecule has 2 fully saturated rings. The third kappa shape index (κ3) is 1.72. The average Bonchev–Trinajstić information content (AvgIpc) is 2.64. The fourth-order valence-electron chi connectivity index (χ4n) is 3.03. The van der Waals surface area contributed by atoms with Crippen LogP contribution in [0.15, 0.2) is 0 Å². The van der Waals surface area contributed by atoms with Crippen LogP contribution in [0.25, 0.3) is 0 Å². The van der Waals surface area contributed by atoms with Gasteiger partial charge in [-0.3, -0.25) is 4.90 Å². The van der Waals surface area contributed by atoms with E-state index in [1.807, 2.05) is 0 Å². The van der Waals surface area contributed by atoms with Crippen LogP contribution in [0, 0.1) is 0 Å². The third-order valence-corrected chi connectivity index (χ3v) is 3.75. The van der Waals surface area contributed by atoms with Crippen molar-refractivity contribution in [2.45, 2.75) is 44.1 Å². The second kappa shape index (κ2) is 3.54. The predicted molar refractivity (Wildman–Crippen MR) is 58.8 cm³/mol. The molecule has 74 valence electrons. The van der Waals surface area contributed by atoms with Crippen molar-refractivity contribution in [3.8, 4) is 0 Å². The Bertz CT molecular complexity index is 203. The van der Waals surface area contributed by atoms with Crippen LogP contribution in [0.5, 0.6) is 0 Å². The van der Waals surface area contributed by atoms with Gasteiger partial charge in [0.15, 0.2) is 0 Å². The maximum Gasteiger partial charge on any atom is 0.0870 e. The van der Waals surface area contributed by atoms with Crippen LogP contribution in [0.3, 0.4) is 0 Å². The van der Waals surface area contributed by atoms with Crippen molar-refractivity contribution >= 4 is 17.2 Å². The summed E-state index contributed by atoms with van der Waals surface area (Å²) < 4.78 is 0. The maximum absolute atomic E-state index is 5.61. The molecule has 2 N–H and O–H groups in total. The van der Waals surface area contributed by atoms with Gasteiger partial charge in [0.25, 0.3) is 0 Å². The molecule has 1 aliphatic heterocycles. The second-order valence-corrected chi connectivity index (χ2v) is 4.95. The normalized spacial score (nSPS) is 27.1. The lowest BCUT2D eigenvalue weighted by atomic mass is 9.94. The lowest BCUT2D eigenvalue weighted by Gasteiger charge is -2.34. The number of nitrogens with two attached hydrogens (primary N) is 1. The SMILES string of the molecule is NC(=S)CN1CCCC12CCCC2. The molecule has 0 amide bonds. The molecular formula is C10H18N2S. The molecule has 2 nitrogen and oxygen atoms in total. The molecule has 0 radical (unpaired) electrons. The molecule has 2 aliphatic rings. The maximum atomic E-state index is 5.61. The van der Waals surface area contributed by atoms with Gasteiger partial charge in [0.05, 0.1) is 4.99 Å². The lowest BCUT2D eigenvalue weighted by molar-refractivity contribution is 0.166. The highest BCUT2D eigenvalue weighted by molar-refractivity contribution is 7.80. The Morgan fingerprint density at radius 1 is 1.23 bits per heavy atom. The highest BCUT2D eigenvalue weighted by Crippen LogP contribution is 2.42. The van der Waals surface area contributed by atoms with Crippen LogP contribution >= 0.6 is 12.2 Å². The minimum absolute atomic E-state index is 0.503. The first-order chi connectivity index (χ1) is 6.23. The summed E-state index contributed by atoms with van der Waals surface area (Å²) in [4.78, 5) is 3.19. The molecule has 0 bridgehead atoms. The van der Waals surface area contributed by atoms with Gasteiger partial charge in [-0.25, -0.2) is 0 Å². The molecule has 1 saturated heterocycles. The van der Waals surface area contributed by atoms with Gasteiger partial charge >= 0.3 is 0 Å². The molecule has 0 aromatic carbocycles. The van der Waals surface area contributed by atoms with Crippen molar-refractivity contribution in [3.05, 3.63) is 0 Å². The van der Waals surface area contributed by atoms with Crippen LogP contribution in [0.2, 0.25) is 0 Å². The summed E-state index contributed by atoms with van der Waals surface area (Å²) in [5.41, 5.74) is 6.12. The van der Waals surface area contributed by atoms with E-state index < -0.39 is 0 Å². The minimum atomic E-state index is 0.503. The quantitative estimate of drug-likeness (QED) is 0.685. The van der Waals surface area contributed by atoms with Gasteiger partial charge in [-0.2, -0.15) is 0 Å². The molecule has 0 unspecified atom stereocenters. The average molecular weight is 198 g/mol. The molecule has 1 spiro atoms. The zero-order chi connectivity index (χ0) is 9.31. The first-order valence-corrected chi connectivity index (χ1v) is 5.67. The van der Waals surface area contributed by atoms with Crippen molar-refractivity contribution < 1.29 is 0 Å². The Kier molecular flexibility index (Phi) is 2.56.